The van der Waals surface area contributed by atoms with Gasteiger partial charge in [0.15, 0.2) is 0 Å². The van der Waals surface area contributed by atoms with Crippen LogP contribution in [0.3, 0.4) is 0 Å². The van der Waals surface area contributed by atoms with E-state index in [4.69, 9.17) is 11.6 Å². The first-order valence-electron chi connectivity index (χ1n) is 5.84. The van der Waals surface area contributed by atoms with Crippen LogP contribution in [-0.2, 0) is 5.88 Å². The maximum atomic E-state index is 5.87. The molecular weight excluding hydrogens is 210 g/mol. The first-order chi connectivity index (χ1) is 7.40. The minimum Gasteiger partial charge on any atom is -0.313 e. The summed E-state index contributed by atoms with van der Waals surface area (Å²) < 4.78 is 2.24. The Morgan fingerprint density at radius 1 is 1.33 bits per heavy atom. The number of fused-ring (bicyclic) bond motifs is 5. The molecule has 15 heavy (non-hydrogen) atoms. The van der Waals surface area contributed by atoms with Crippen molar-refractivity contribution in [1.82, 2.24) is 14.8 Å². The molecule has 0 radical (unpaired) electrons. The summed E-state index contributed by atoms with van der Waals surface area (Å²) in [4.78, 5) is 0. The molecule has 2 bridgehead atoms. The molecule has 0 N–H and O–H groups in total. The average Bonchev–Trinajstić information content (AvgIpc) is 2.72. The molecule has 0 aliphatic heterocycles. The van der Waals surface area contributed by atoms with Crippen LogP contribution in [0.25, 0.3) is 0 Å². The summed E-state index contributed by atoms with van der Waals surface area (Å²) in [6.07, 6.45) is 6.28. The van der Waals surface area contributed by atoms with Crippen LogP contribution in [0, 0.1) is 23.7 Å². The molecule has 1 aromatic rings. The Bertz CT molecular complexity index is 386. The molecule has 0 amide bonds. The first kappa shape index (κ1) is 8.57. The predicted molar refractivity (Wildman–Crippen MR) is 56.4 cm³/mol. The van der Waals surface area contributed by atoms with E-state index in [1.807, 2.05) is 6.33 Å². The molecule has 3 aliphatic rings. The monoisotopic (exact) mass is 223 g/mol. The third-order valence-electron chi connectivity index (χ3n) is 4.78. The van der Waals surface area contributed by atoms with Crippen molar-refractivity contribution in [2.45, 2.75) is 31.2 Å². The van der Waals surface area contributed by atoms with E-state index in [9.17, 15) is 0 Å². The van der Waals surface area contributed by atoms with E-state index in [0.717, 1.165) is 29.5 Å². The lowest BCUT2D eigenvalue weighted by atomic mass is 10.0. The molecule has 0 aromatic carbocycles. The van der Waals surface area contributed by atoms with Gasteiger partial charge in [0.1, 0.15) is 12.2 Å². The Kier molecular flexibility index (Phi) is 1.58. The molecule has 0 spiro atoms. The van der Waals surface area contributed by atoms with Gasteiger partial charge < -0.3 is 4.57 Å². The third-order valence-corrected chi connectivity index (χ3v) is 5.02. The largest absolute Gasteiger partial charge is 0.313 e. The molecule has 4 heteroatoms. The second-order valence-corrected chi connectivity index (χ2v) is 5.53. The van der Waals surface area contributed by atoms with E-state index in [2.05, 4.69) is 14.8 Å². The van der Waals surface area contributed by atoms with Crippen molar-refractivity contribution in [3.8, 4) is 0 Å². The molecule has 1 aromatic heterocycles. The summed E-state index contributed by atoms with van der Waals surface area (Å²) in [5.74, 6) is 5.30. The maximum Gasteiger partial charge on any atom is 0.148 e. The lowest BCUT2D eigenvalue weighted by Crippen LogP contribution is -2.06. The number of hydrogen-bond acceptors (Lipinski definition) is 2. The maximum absolute atomic E-state index is 5.87. The molecule has 3 aliphatic carbocycles. The molecule has 1 heterocycles. The van der Waals surface area contributed by atoms with Crippen molar-refractivity contribution >= 4 is 11.6 Å². The minimum absolute atomic E-state index is 0.491. The van der Waals surface area contributed by atoms with Crippen LogP contribution in [-0.4, -0.2) is 14.8 Å². The van der Waals surface area contributed by atoms with Gasteiger partial charge in [-0.05, 0) is 42.9 Å². The first-order valence-corrected chi connectivity index (χ1v) is 6.38. The molecule has 4 atom stereocenters. The zero-order valence-corrected chi connectivity index (χ0v) is 9.27. The summed E-state index contributed by atoms with van der Waals surface area (Å²) in [7, 11) is 0. The number of halogens is 1. The van der Waals surface area contributed by atoms with Crippen molar-refractivity contribution in [3.05, 3.63) is 12.2 Å². The van der Waals surface area contributed by atoms with Crippen LogP contribution in [0.2, 0.25) is 0 Å². The van der Waals surface area contributed by atoms with E-state index in [-0.39, 0.29) is 0 Å². The molecule has 4 unspecified atom stereocenters. The fourth-order valence-corrected chi connectivity index (χ4v) is 4.45. The molecule has 4 rings (SSSR count). The van der Waals surface area contributed by atoms with Gasteiger partial charge >= 0.3 is 0 Å². The van der Waals surface area contributed by atoms with Gasteiger partial charge in [0.2, 0.25) is 0 Å². The van der Waals surface area contributed by atoms with Crippen LogP contribution in [0.4, 0.5) is 0 Å². The highest BCUT2D eigenvalue weighted by Crippen LogP contribution is 2.71. The van der Waals surface area contributed by atoms with E-state index in [0.29, 0.717) is 11.9 Å². The van der Waals surface area contributed by atoms with Gasteiger partial charge in [0, 0.05) is 6.04 Å². The van der Waals surface area contributed by atoms with Gasteiger partial charge in [-0.3, -0.25) is 0 Å². The number of nitrogens with zero attached hydrogens (tertiary/aromatic N) is 3. The third kappa shape index (κ3) is 0.975. The van der Waals surface area contributed by atoms with Crippen LogP contribution in [0.15, 0.2) is 6.33 Å². The summed E-state index contributed by atoms with van der Waals surface area (Å²) in [6.45, 7) is 0. The van der Waals surface area contributed by atoms with Crippen molar-refractivity contribution in [3.63, 3.8) is 0 Å². The minimum atomic E-state index is 0.491. The van der Waals surface area contributed by atoms with Crippen LogP contribution < -0.4 is 0 Å². The molecule has 3 saturated carbocycles. The van der Waals surface area contributed by atoms with Crippen molar-refractivity contribution in [2.75, 3.05) is 0 Å². The van der Waals surface area contributed by atoms with Gasteiger partial charge in [-0.15, -0.1) is 21.8 Å². The van der Waals surface area contributed by atoms with Crippen molar-refractivity contribution in [2.24, 2.45) is 23.7 Å². The smallest absolute Gasteiger partial charge is 0.148 e. The summed E-state index contributed by atoms with van der Waals surface area (Å²) >= 11 is 5.87. The Labute approximate surface area is 93.8 Å². The van der Waals surface area contributed by atoms with E-state index >= 15 is 0 Å². The van der Waals surface area contributed by atoms with Crippen molar-refractivity contribution in [1.29, 1.82) is 0 Å². The zero-order chi connectivity index (χ0) is 9.99. The predicted octanol–water partition coefficient (Wildman–Crippen LogP) is 2.23. The van der Waals surface area contributed by atoms with Gasteiger partial charge in [-0.1, -0.05) is 0 Å². The fourth-order valence-electron chi connectivity index (χ4n) is 4.26. The molecular formula is C11H14ClN3. The summed E-state index contributed by atoms with van der Waals surface area (Å²) in [6, 6.07) is 0.694. The Hall–Kier alpha value is -0.570. The Morgan fingerprint density at radius 3 is 2.73 bits per heavy atom. The summed E-state index contributed by atoms with van der Waals surface area (Å²) in [5.41, 5.74) is 0. The van der Waals surface area contributed by atoms with Crippen LogP contribution in [0.1, 0.15) is 31.1 Å². The normalized spacial score (nSPS) is 45.8. The van der Waals surface area contributed by atoms with Gasteiger partial charge in [0.05, 0.1) is 5.88 Å². The lowest BCUT2D eigenvalue weighted by molar-refractivity contribution is 0.448. The van der Waals surface area contributed by atoms with Crippen molar-refractivity contribution < 1.29 is 0 Å². The molecule has 3 fully saturated rings. The average molecular weight is 224 g/mol. The highest BCUT2D eigenvalue weighted by Gasteiger charge is 2.66. The SMILES string of the molecule is ClCc1nncn1C1C2C3CCC(C3)C21. The van der Waals surface area contributed by atoms with Gasteiger partial charge in [0.25, 0.3) is 0 Å². The zero-order valence-electron chi connectivity index (χ0n) is 8.51. The quantitative estimate of drug-likeness (QED) is 0.720. The van der Waals surface area contributed by atoms with Gasteiger partial charge in [-0.25, -0.2) is 0 Å². The van der Waals surface area contributed by atoms with E-state index in [1.165, 1.54) is 19.3 Å². The molecule has 3 nitrogen and oxygen atoms in total. The molecule has 80 valence electrons. The highest BCUT2D eigenvalue weighted by molar-refractivity contribution is 6.16. The number of alkyl halides is 1. The Balaban J connectivity index is 1.67. The van der Waals surface area contributed by atoms with Gasteiger partial charge in [-0.2, -0.15) is 0 Å². The fraction of sp³-hybridized carbons (Fsp3) is 0.818. The Morgan fingerprint density at radius 2 is 2.07 bits per heavy atom. The lowest BCUT2D eigenvalue weighted by Gasteiger charge is -2.10. The number of aromatic nitrogens is 3. The number of rotatable bonds is 2. The second kappa shape index (κ2) is 2.76. The number of hydrogen-bond donors (Lipinski definition) is 0. The standard InChI is InChI=1S/C11H14ClN3/c12-4-8-14-13-5-15(8)11-9-6-1-2-7(3-6)10(9)11/h5-7,9-11H,1-4H2. The van der Waals surface area contributed by atoms with Crippen LogP contribution >= 0.6 is 11.6 Å². The van der Waals surface area contributed by atoms with E-state index < -0.39 is 0 Å². The summed E-state index contributed by atoms with van der Waals surface area (Å²) in [5, 5.41) is 8.06. The highest BCUT2D eigenvalue weighted by atomic mass is 35.5. The second-order valence-electron chi connectivity index (χ2n) is 5.27. The topological polar surface area (TPSA) is 30.7 Å². The molecule has 0 saturated heterocycles. The van der Waals surface area contributed by atoms with E-state index in [1.54, 1.807) is 0 Å². The van der Waals surface area contributed by atoms with Crippen LogP contribution in [0.5, 0.6) is 0 Å².